The Morgan fingerprint density at radius 3 is 2.49 bits per heavy atom. The third-order valence-corrected chi connectivity index (χ3v) is 6.80. The highest BCUT2D eigenvalue weighted by Crippen LogP contribution is 2.40. The Morgan fingerprint density at radius 1 is 1.17 bits per heavy atom. The van der Waals surface area contributed by atoms with E-state index in [1.807, 2.05) is 42.2 Å². The number of aryl methyl sites for hydroxylation is 1. The maximum absolute atomic E-state index is 14.8. The number of rotatable bonds is 5. The lowest BCUT2D eigenvalue weighted by molar-refractivity contribution is -0.114. The molecule has 2 aliphatic heterocycles. The van der Waals surface area contributed by atoms with Gasteiger partial charge in [0.25, 0.3) is 0 Å². The number of nitriles is 1. The number of ether oxygens (including phenoxy) is 1. The largest absolute Gasteiger partial charge is 0.385 e. The van der Waals surface area contributed by atoms with Gasteiger partial charge in [0.15, 0.2) is 11.6 Å². The van der Waals surface area contributed by atoms with Crippen LogP contribution in [0.15, 0.2) is 47.5 Å². The number of hydrogen-bond acceptors (Lipinski definition) is 6. The van der Waals surface area contributed by atoms with Gasteiger partial charge >= 0.3 is 0 Å². The lowest BCUT2D eigenvalue weighted by Gasteiger charge is -2.32. The van der Waals surface area contributed by atoms with Crippen LogP contribution in [0.3, 0.4) is 0 Å². The summed E-state index contributed by atoms with van der Waals surface area (Å²) < 4.78 is 20.1. The van der Waals surface area contributed by atoms with Crippen molar-refractivity contribution in [1.29, 1.82) is 5.26 Å². The summed E-state index contributed by atoms with van der Waals surface area (Å²) in [4.78, 5) is 20.5. The van der Waals surface area contributed by atoms with E-state index < -0.39 is 5.82 Å². The lowest BCUT2D eigenvalue weighted by Crippen LogP contribution is -2.45. The number of nitrogens with zero attached hydrogens (tertiary/aromatic N) is 3. The van der Waals surface area contributed by atoms with E-state index in [-0.39, 0.29) is 29.7 Å². The molecule has 2 heterocycles. The summed E-state index contributed by atoms with van der Waals surface area (Å²) in [5, 5.41) is 9.22. The first-order chi connectivity index (χ1) is 16.9. The van der Waals surface area contributed by atoms with Crippen LogP contribution in [0.4, 0.5) is 4.39 Å². The molecule has 2 aromatic carbocycles. The van der Waals surface area contributed by atoms with Crippen molar-refractivity contribution in [2.45, 2.75) is 38.6 Å². The molecule has 1 atom stereocenters. The highest BCUT2D eigenvalue weighted by Gasteiger charge is 2.33. The first-order valence-corrected chi connectivity index (χ1v) is 12.0. The number of methoxy groups -OCH3 is 1. The highest BCUT2D eigenvalue weighted by molar-refractivity contribution is 6.40. The van der Waals surface area contributed by atoms with E-state index in [0.717, 1.165) is 29.5 Å². The van der Waals surface area contributed by atoms with Gasteiger partial charge in [-0.3, -0.25) is 4.79 Å². The van der Waals surface area contributed by atoms with E-state index >= 15 is 0 Å². The van der Waals surface area contributed by atoms with Crippen molar-refractivity contribution >= 4 is 22.9 Å². The number of halogens is 1. The molecule has 35 heavy (non-hydrogen) atoms. The van der Waals surface area contributed by atoms with Gasteiger partial charge in [0, 0.05) is 44.8 Å². The van der Waals surface area contributed by atoms with Crippen LogP contribution in [-0.2, 0) is 9.53 Å². The number of carbonyl (C=O) groups is 1. The first-order valence-electron chi connectivity index (χ1n) is 12.0. The van der Waals surface area contributed by atoms with Crippen molar-refractivity contribution in [1.82, 2.24) is 4.90 Å². The van der Waals surface area contributed by atoms with Crippen LogP contribution in [0.1, 0.15) is 47.9 Å². The minimum atomic E-state index is -0.606. The van der Waals surface area contributed by atoms with Gasteiger partial charge in [-0.2, -0.15) is 5.26 Å². The molecule has 2 N–H and O–H groups in total. The highest BCUT2D eigenvalue weighted by atomic mass is 19.1. The van der Waals surface area contributed by atoms with Crippen LogP contribution < -0.4 is 5.73 Å². The zero-order valence-electron chi connectivity index (χ0n) is 20.3. The minimum absolute atomic E-state index is 0.0268. The maximum atomic E-state index is 14.8. The van der Waals surface area contributed by atoms with Crippen molar-refractivity contribution in [2.24, 2.45) is 16.6 Å². The summed E-state index contributed by atoms with van der Waals surface area (Å²) in [7, 11) is 1.64. The van der Waals surface area contributed by atoms with Crippen LogP contribution in [0.5, 0.6) is 0 Å². The predicted molar refractivity (Wildman–Crippen MR) is 135 cm³/mol. The second-order valence-electron chi connectivity index (χ2n) is 9.30. The molecule has 2 aromatic rings. The van der Waals surface area contributed by atoms with Gasteiger partial charge in [0.2, 0.25) is 0 Å². The fourth-order valence-electron chi connectivity index (χ4n) is 4.78. The predicted octanol–water partition coefficient (Wildman–Crippen LogP) is 4.32. The van der Waals surface area contributed by atoms with Gasteiger partial charge in [-0.05, 0) is 55.4 Å². The zero-order chi connectivity index (χ0) is 24.9. The number of benzene rings is 2. The van der Waals surface area contributed by atoms with Gasteiger partial charge in [0.05, 0.1) is 11.3 Å². The number of amidine groups is 1. The average molecular weight is 475 g/mol. The summed E-state index contributed by atoms with van der Waals surface area (Å²) in [5.74, 6) is -0.394. The molecule has 1 unspecified atom stereocenters. The van der Waals surface area contributed by atoms with E-state index in [0.29, 0.717) is 43.2 Å². The number of Topliss-reactive ketones (excluding diaryl/α,β-unsaturated/α-hetero) is 1. The molecule has 4 rings (SSSR count). The molecule has 0 radical (unpaired) electrons. The van der Waals surface area contributed by atoms with Gasteiger partial charge < -0.3 is 15.4 Å². The Balaban J connectivity index is 1.94. The second kappa shape index (κ2) is 10.9. The number of hydrogen-bond donors (Lipinski definition) is 1. The monoisotopic (exact) mass is 474 g/mol. The Bertz CT molecular complexity index is 1190. The molecule has 0 amide bonds. The van der Waals surface area contributed by atoms with Crippen LogP contribution in [0.25, 0.3) is 11.3 Å². The molecule has 0 aromatic heterocycles. The van der Waals surface area contributed by atoms with Gasteiger partial charge in [-0.25, -0.2) is 9.38 Å². The smallest absolute Gasteiger partial charge is 0.198 e. The Kier molecular flexibility index (Phi) is 7.74. The Labute approximate surface area is 205 Å². The Hall–Kier alpha value is -3.34. The van der Waals surface area contributed by atoms with E-state index in [1.54, 1.807) is 13.2 Å². The summed E-state index contributed by atoms with van der Waals surface area (Å²) in [6.45, 7) is 3.81. The van der Waals surface area contributed by atoms with Gasteiger partial charge in [-0.1, -0.05) is 35.9 Å². The number of aliphatic imine (C=N–C) groups is 1. The molecule has 0 aliphatic carbocycles. The van der Waals surface area contributed by atoms with Crippen LogP contribution in [0, 0.1) is 30.0 Å². The maximum Gasteiger partial charge on any atom is 0.198 e. The molecule has 0 saturated carbocycles. The third-order valence-electron chi connectivity index (χ3n) is 6.80. The number of nitrogens with two attached hydrogens (primary N) is 1. The zero-order valence-corrected chi connectivity index (χ0v) is 20.3. The SMILES string of the molecule is COCCC1CC(=O)C(N2CCC(N)CC2)=NC(c2ccc(C#N)c(F)c2)=C1c1ccc(C)cc1. The number of likely N-dealkylation sites (tertiary alicyclic amines) is 1. The van der Waals surface area contributed by atoms with Crippen molar-refractivity contribution in [3.05, 3.63) is 70.5 Å². The van der Waals surface area contributed by atoms with Crippen molar-refractivity contribution in [2.75, 3.05) is 26.8 Å². The topological polar surface area (TPSA) is 91.7 Å². The number of carbonyl (C=O) groups excluding carboxylic acids is 1. The third kappa shape index (κ3) is 5.50. The van der Waals surface area contributed by atoms with E-state index in [1.165, 1.54) is 12.1 Å². The molecule has 182 valence electrons. The average Bonchev–Trinajstić information content (AvgIpc) is 3.00. The number of piperidine rings is 1. The fourth-order valence-corrected chi connectivity index (χ4v) is 4.78. The van der Waals surface area contributed by atoms with Crippen molar-refractivity contribution < 1.29 is 13.9 Å². The normalized spacial score (nSPS) is 19.4. The molecular formula is C28H31FN4O2. The molecular weight excluding hydrogens is 443 g/mol. The van der Waals surface area contributed by atoms with E-state index in [4.69, 9.17) is 15.5 Å². The summed E-state index contributed by atoms with van der Waals surface area (Å²) in [6.07, 6.45) is 2.49. The summed E-state index contributed by atoms with van der Waals surface area (Å²) >= 11 is 0. The molecule has 6 nitrogen and oxygen atoms in total. The minimum Gasteiger partial charge on any atom is -0.385 e. The van der Waals surface area contributed by atoms with Gasteiger partial charge in [0.1, 0.15) is 11.9 Å². The summed E-state index contributed by atoms with van der Waals surface area (Å²) in [5.41, 5.74) is 10.1. The van der Waals surface area contributed by atoms with Crippen molar-refractivity contribution in [3.8, 4) is 6.07 Å². The fraction of sp³-hybridized carbons (Fsp3) is 0.393. The second-order valence-corrected chi connectivity index (χ2v) is 9.30. The van der Waals surface area contributed by atoms with Crippen LogP contribution in [-0.4, -0.2) is 49.4 Å². The molecule has 1 saturated heterocycles. The van der Waals surface area contributed by atoms with E-state index in [9.17, 15) is 14.4 Å². The van der Waals surface area contributed by atoms with Crippen LogP contribution >= 0.6 is 0 Å². The molecule has 0 spiro atoms. The van der Waals surface area contributed by atoms with Crippen LogP contribution in [0.2, 0.25) is 0 Å². The lowest BCUT2D eigenvalue weighted by atomic mass is 9.84. The number of allylic oxidation sites excluding steroid dienone is 1. The Morgan fingerprint density at radius 2 is 1.86 bits per heavy atom. The van der Waals surface area contributed by atoms with E-state index in [2.05, 4.69) is 0 Å². The molecule has 1 fully saturated rings. The first kappa shape index (κ1) is 24.8. The molecule has 0 bridgehead atoms. The quantitative estimate of drug-likeness (QED) is 0.697. The van der Waals surface area contributed by atoms with Crippen molar-refractivity contribution in [3.63, 3.8) is 0 Å². The number of ketones is 1. The van der Waals surface area contributed by atoms with Gasteiger partial charge in [-0.15, -0.1) is 0 Å². The summed E-state index contributed by atoms with van der Waals surface area (Å²) in [6, 6.07) is 14.6. The standard InChI is InChI=1S/C28H31FN4O2/c1-18-3-5-19(6-4-18)26-20(11-14-35-2)16-25(34)28(33-12-9-23(31)10-13-33)32-27(26)21-7-8-22(17-30)24(29)15-21/h3-8,15,20,23H,9-14,16,31H2,1-2H3. The molecule has 7 heteroatoms. The molecule has 2 aliphatic rings.